The summed E-state index contributed by atoms with van der Waals surface area (Å²) in [6.07, 6.45) is 0. The van der Waals surface area contributed by atoms with Crippen LogP contribution in [-0.4, -0.2) is 7.11 Å². The van der Waals surface area contributed by atoms with Crippen molar-refractivity contribution in [2.24, 2.45) is 0 Å². The number of nitrogens with one attached hydrogen (secondary N) is 1. The molecule has 3 nitrogen and oxygen atoms in total. The number of para-hydroxylation sites is 1. The van der Waals surface area contributed by atoms with E-state index in [0.29, 0.717) is 6.54 Å². The molecule has 110 valence electrons. The molecule has 0 aliphatic heterocycles. The summed E-state index contributed by atoms with van der Waals surface area (Å²) in [5, 5.41) is 4.50. The Morgan fingerprint density at radius 2 is 2.19 bits per heavy atom. The average molecular weight is 322 g/mol. The number of hydrogen-bond donors (Lipinski definition) is 1. The van der Waals surface area contributed by atoms with E-state index in [4.69, 9.17) is 20.8 Å². The first kappa shape index (κ1) is 14.4. The van der Waals surface area contributed by atoms with Gasteiger partial charge in [0.05, 0.1) is 18.0 Å². The van der Waals surface area contributed by atoms with Crippen molar-refractivity contribution < 1.29 is 9.15 Å². The van der Waals surface area contributed by atoms with Gasteiger partial charge in [0, 0.05) is 16.3 Å². The Hall–Kier alpha value is -1.49. The van der Waals surface area contributed by atoms with Crippen molar-refractivity contribution in [3.8, 4) is 5.75 Å². The summed E-state index contributed by atoms with van der Waals surface area (Å²) >= 11 is 7.56. The molecule has 1 atom stereocenters. The molecule has 21 heavy (non-hydrogen) atoms. The summed E-state index contributed by atoms with van der Waals surface area (Å²) in [6.45, 7) is 2.78. The zero-order valence-electron chi connectivity index (χ0n) is 11.9. The fraction of sp³-hybridized carbons (Fsp3) is 0.250. The van der Waals surface area contributed by atoms with Crippen LogP contribution in [0.4, 0.5) is 0 Å². The second kappa shape index (κ2) is 6.10. The first-order valence-electron chi connectivity index (χ1n) is 6.71. The SMILES string of the molecule is COc1cccc2cc(CNC(C)c3ccc(Cl)s3)oc12. The predicted octanol–water partition coefficient (Wildman–Crippen LogP) is 5.01. The maximum Gasteiger partial charge on any atom is 0.176 e. The summed E-state index contributed by atoms with van der Waals surface area (Å²) in [7, 11) is 1.65. The fourth-order valence-electron chi connectivity index (χ4n) is 2.25. The van der Waals surface area contributed by atoms with E-state index in [2.05, 4.69) is 12.2 Å². The molecule has 0 spiro atoms. The molecule has 0 radical (unpaired) electrons. The molecule has 0 bridgehead atoms. The van der Waals surface area contributed by atoms with E-state index < -0.39 is 0 Å². The van der Waals surface area contributed by atoms with Crippen LogP contribution in [0.2, 0.25) is 4.34 Å². The number of halogens is 1. The molecule has 2 aromatic heterocycles. The van der Waals surface area contributed by atoms with E-state index in [9.17, 15) is 0 Å². The summed E-state index contributed by atoms with van der Waals surface area (Å²) < 4.78 is 12.0. The van der Waals surface area contributed by atoms with Gasteiger partial charge in [-0.15, -0.1) is 11.3 Å². The Bertz CT molecular complexity index is 750. The highest BCUT2D eigenvalue weighted by Crippen LogP contribution is 2.29. The molecule has 2 heterocycles. The molecule has 0 aliphatic rings. The van der Waals surface area contributed by atoms with Crippen LogP contribution < -0.4 is 10.1 Å². The van der Waals surface area contributed by atoms with Crippen molar-refractivity contribution in [2.45, 2.75) is 19.5 Å². The van der Waals surface area contributed by atoms with Crippen molar-refractivity contribution >= 4 is 33.9 Å². The standard InChI is InChI=1S/C16H16ClNO2S/c1-10(14-6-7-15(17)21-14)18-9-12-8-11-4-3-5-13(19-2)16(11)20-12/h3-8,10,18H,9H2,1-2H3. The Morgan fingerprint density at radius 1 is 1.33 bits per heavy atom. The molecule has 1 N–H and O–H groups in total. The van der Waals surface area contributed by atoms with Crippen LogP contribution in [0.1, 0.15) is 23.6 Å². The normalized spacial score (nSPS) is 12.7. The Balaban J connectivity index is 1.73. The second-order valence-electron chi connectivity index (χ2n) is 4.84. The van der Waals surface area contributed by atoms with Gasteiger partial charge in [0.1, 0.15) is 5.76 Å². The lowest BCUT2D eigenvalue weighted by Crippen LogP contribution is -2.16. The molecule has 0 aliphatic carbocycles. The molecular formula is C16H16ClNO2S. The highest BCUT2D eigenvalue weighted by Gasteiger charge is 2.11. The largest absolute Gasteiger partial charge is 0.493 e. The van der Waals surface area contributed by atoms with Gasteiger partial charge in [0.15, 0.2) is 11.3 Å². The van der Waals surface area contributed by atoms with Crippen LogP contribution >= 0.6 is 22.9 Å². The third-order valence-corrected chi connectivity index (χ3v) is 4.80. The third-order valence-electron chi connectivity index (χ3n) is 3.38. The van der Waals surface area contributed by atoms with Gasteiger partial charge in [-0.05, 0) is 31.2 Å². The van der Waals surface area contributed by atoms with Crippen molar-refractivity contribution in [3.05, 3.63) is 51.4 Å². The van der Waals surface area contributed by atoms with E-state index >= 15 is 0 Å². The van der Waals surface area contributed by atoms with Crippen LogP contribution in [0.15, 0.2) is 40.8 Å². The minimum Gasteiger partial charge on any atom is -0.493 e. The van der Waals surface area contributed by atoms with Gasteiger partial charge >= 0.3 is 0 Å². The molecule has 3 aromatic rings. The maximum absolute atomic E-state index is 5.97. The molecule has 3 rings (SSSR count). The predicted molar refractivity (Wildman–Crippen MR) is 87.3 cm³/mol. The van der Waals surface area contributed by atoms with Crippen LogP contribution in [0.3, 0.4) is 0 Å². The molecule has 0 amide bonds. The van der Waals surface area contributed by atoms with Crippen LogP contribution in [-0.2, 0) is 6.54 Å². The Kier molecular flexibility index (Phi) is 4.19. The lowest BCUT2D eigenvalue weighted by molar-refractivity contribution is 0.405. The zero-order valence-corrected chi connectivity index (χ0v) is 13.4. The highest BCUT2D eigenvalue weighted by molar-refractivity contribution is 7.16. The molecular weight excluding hydrogens is 306 g/mol. The monoisotopic (exact) mass is 321 g/mol. The minimum absolute atomic E-state index is 0.234. The van der Waals surface area contributed by atoms with Crippen LogP contribution in [0, 0.1) is 0 Å². The smallest absolute Gasteiger partial charge is 0.176 e. The van der Waals surface area contributed by atoms with Gasteiger partial charge in [0.25, 0.3) is 0 Å². The number of hydrogen-bond acceptors (Lipinski definition) is 4. The van der Waals surface area contributed by atoms with Gasteiger partial charge in [-0.3, -0.25) is 0 Å². The van der Waals surface area contributed by atoms with Crippen LogP contribution in [0.25, 0.3) is 11.0 Å². The van der Waals surface area contributed by atoms with Crippen molar-refractivity contribution in [1.29, 1.82) is 0 Å². The van der Waals surface area contributed by atoms with Crippen molar-refractivity contribution in [3.63, 3.8) is 0 Å². The number of methoxy groups -OCH3 is 1. The van der Waals surface area contributed by atoms with Gasteiger partial charge in [-0.1, -0.05) is 23.7 Å². The number of furan rings is 1. The second-order valence-corrected chi connectivity index (χ2v) is 6.58. The zero-order chi connectivity index (χ0) is 14.8. The van der Waals surface area contributed by atoms with Crippen LogP contribution in [0.5, 0.6) is 5.75 Å². The van der Waals surface area contributed by atoms with Crippen molar-refractivity contribution in [2.75, 3.05) is 7.11 Å². The van der Waals surface area contributed by atoms with E-state index in [1.807, 2.05) is 36.4 Å². The fourth-order valence-corrected chi connectivity index (χ4v) is 3.34. The minimum atomic E-state index is 0.234. The van der Waals surface area contributed by atoms with Gasteiger partial charge in [-0.25, -0.2) is 0 Å². The maximum atomic E-state index is 5.97. The lowest BCUT2D eigenvalue weighted by Gasteiger charge is -2.10. The lowest BCUT2D eigenvalue weighted by atomic mass is 10.2. The summed E-state index contributed by atoms with van der Waals surface area (Å²) in [5.41, 5.74) is 0.795. The molecule has 1 aromatic carbocycles. The number of ether oxygens (including phenoxy) is 1. The molecule has 0 fully saturated rings. The first-order chi connectivity index (χ1) is 10.2. The number of thiophene rings is 1. The van der Waals surface area contributed by atoms with Gasteiger partial charge in [0.2, 0.25) is 0 Å². The summed E-state index contributed by atoms with van der Waals surface area (Å²) in [4.78, 5) is 1.22. The van der Waals surface area contributed by atoms with E-state index in [1.54, 1.807) is 18.4 Å². The topological polar surface area (TPSA) is 34.4 Å². The Labute approximate surface area is 132 Å². The van der Waals surface area contributed by atoms with E-state index in [-0.39, 0.29) is 6.04 Å². The number of fused-ring (bicyclic) bond motifs is 1. The number of rotatable bonds is 5. The Morgan fingerprint density at radius 3 is 2.90 bits per heavy atom. The number of benzene rings is 1. The molecule has 0 saturated heterocycles. The summed E-state index contributed by atoms with van der Waals surface area (Å²) in [5.74, 6) is 1.65. The quantitative estimate of drug-likeness (QED) is 0.717. The molecule has 5 heteroatoms. The summed E-state index contributed by atoms with van der Waals surface area (Å²) in [6, 6.07) is 12.1. The van der Waals surface area contributed by atoms with E-state index in [1.165, 1.54) is 4.88 Å². The van der Waals surface area contributed by atoms with Gasteiger partial charge in [-0.2, -0.15) is 0 Å². The highest BCUT2D eigenvalue weighted by atomic mass is 35.5. The molecule has 1 unspecified atom stereocenters. The van der Waals surface area contributed by atoms with E-state index in [0.717, 1.165) is 26.8 Å². The first-order valence-corrected chi connectivity index (χ1v) is 7.91. The third kappa shape index (κ3) is 3.07. The van der Waals surface area contributed by atoms with Gasteiger partial charge < -0.3 is 14.5 Å². The molecule has 0 saturated carbocycles. The van der Waals surface area contributed by atoms with Crippen molar-refractivity contribution in [1.82, 2.24) is 5.32 Å². The average Bonchev–Trinajstić information content (AvgIpc) is 3.10.